The van der Waals surface area contributed by atoms with Gasteiger partial charge in [-0.3, -0.25) is 15.3 Å². The van der Waals surface area contributed by atoms with Crippen LogP contribution in [0.3, 0.4) is 0 Å². The molecule has 0 aliphatic carbocycles. The van der Waals surface area contributed by atoms with Gasteiger partial charge in [-0.1, -0.05) is 12.1 Å². The number of rotatable bonds is 4. The summed E-state index contributed by atoms with van der Waals surface area (Å²) in [6.07, 6.45) is 4.92. The number of likely N-dealkylation sites (tertiary alicyclic amines) is 1. The van der Waals surface area contributed by atoms with Crippen LogP contribution in [0.4, 0.5) is 0 Å². The van der Waals surface area contributed by atoms with E-state index >= 15 is 0 Å². The number of methoxy groups -OCH3 is 1. The molecule has 0 bridgehead atoms. The van der Waals surface area contributed by atoms with Crippen LogP contribution in [0.1, 0.15) is 23.6 Å². The van der Waals surface area contributed by atoms with Crippen LogP contribution in [-0.4, -0.2) is 36.1 Å². The highest BCUT2D eigenvalue weighted by Gasteiger charge is 2.40. The van der Waals surface area contributed by atoms with Crippen molar-refractivity contribution in [3.63, 3.8) is 0 Å². The van der Waals surface area contributed by atoms with Gasteiger partial charge in [0.1, 0.15) is 5.75 Å². The van der Waals surface area contributed by atoms with E-state index in [1.54, 1.807) is 7.11 Å². The molecular weight excluding hydrogens is 300 g/mol. The molecular formula is C19H24N4O. The molecule has 3 heterocycles. The largest absolute Gasteiger partial charge is 0.497 e. The first-order chi connectivity index (χ1) is 11.8. The molecule has 0 radical (unpaired) electrons. The maximum absolute atomic E-state index is 5.39. The second-order valence-electron chi connectivity index (χ2n) is 6.69. The van der Waals surface area contributed by atoms with E-state index in [0.29, 0.717) is 18.0 Å². The summed E-state index contributed by atoms with van der Waals surface area (Å²) in [5.74, 6) is 1.48. The molecule has 0 spiro atoms. The minimum absolute atomic E-state index is 0.324. The lowest BCUT2D eigenvalue weighted by molar-refractivity contribution is 0.148. The molecule has 2 saturated heterocycles. The van der Waals surface area contributed by atoms with Crippen molar-refractivity contribution in [1.82, 2.24) is 20.7 Å². The minimum atomic E-state index is 0.324. The highest BCUT2D eigenvalue weighted by Crippen LogP contribution is 2.35. The van der Waals surface area contributed by atoms with E-state index in [1.165, 1.54) is 17.5 Å². The van der Waals surface area contributed by atoms with E-state index in [1.807, 2.05) is 18.5 Å². The Balaban J connectivity index is 1.48. The van der Waals surface area contributed by atoms with Crippen LogP contribution < -0.4 is 15.6 Å². The molecule has 0 saturated carbocycles. The molecule has 2 aliphatic heterocycles. The van der Waals surface area contributed by atoms with Crippen LogP contribution in [0.2, 0.25) is 0 Å². The average Bonchev–Trinajstić information content (AvgIpc) is 3.06. The first-order valence-electron chi connectivity index (χ1n) is 8.60. The van der Waals surface area contributed by atoms with Crippen molar-refractivity contribution in [3.05, 3.63) is 59.9 Å². The Morgan fingerprint density at radius 3 is 2.92 bits per heavy atom. The van der Waals surface area contributed by atoms with E-state index in [9.17, 15) is 0 Å². The molecule has 3 atom stereocenters. The normalized spacial score (nSPS) is 27.0. The number of ether oxygens (including phenoxy) is 1. The van der Waals surface area contributed by atoms with Gasteiger partial charge in [0.2, 0.25) is 0 Å². The zero-order valence-corrected chi connectivity index (χ0v) is 14.0. The first kappa shape index (κ1) is 15.6. The summed E-state index contributed by atoms with van der Waals surface area (Å²) in [6, 6.07) is 13.5. The number of pyridine rings is 1. The van der Waals surface area contributed by atoms with E-state index in [-0.39, 0.29) is 0 Å². The van der Waals surface area contributed by atoms with Gasteiger partial charge in [0, 0.05) is 44.0 Å². The zero-order valence-electron chi connectivity index (χ0n) is 14.0. The molecule has 24 heavy (non-hydrogen) atoms. The highest BCUT2D eigenvalue weighted by molar-refractivity contribution is 5.32. The summed E-state index contributed by atoms with van der Waals surface area (Å²) in [6.45, 7) is 3.22. The number of piperidine rings is 1. The summed E-state index contributed by atoms with van der Waals surface area (Å²) in [5.41, 5.74) is 9.64. The van der Waals surface area contributed by atoms with Crippen molar-refractivity contribution in [3.8, 4) is 5.75 Å². The molecule has 2 fully saturated rings. The Bertz CT molecular complexity index is 678. The number of nitrogens with one attached hydrogen (secondary N) is 2. The predicted octanol–water partition coefficient (Wildman–Crippen LogP) is 2.13. The fourth-order valence-corrected chi connectivity index (χ4v) is 3.93. The molecule has 2 aliphatic rings. The minimum Gasteiger partial charge on any atom is -0.497 e. The summed E-state index contributed by atoms with van der Waals surface area (Å²) in [5, 5.41) is 0. The van der Waals surface area contributed by atoms with E-state index < -0.39 is 0 Å². The predicted molar refractivity (Wildman–Crippen MR) is 93.4 cm³/mol. The lowest BCUT2D eigenvalue weighted by atomic mass is 9.85. The van der Waals surface area contributed by atoms with Gasteiger partial charge in [-0.15, -0.1) is 0 Å². The van der Waals surface area contributed by atoms with Crippen LogP contribution in [0, 0.1) is 5.92 Å². The van der Waals surface area contributed by atoms with Crippen LogP contribution in [-0.2, 0) is 6.54 Å². The second kappa shape index (κ2) is 6.89. The van der Waals surface area contributed by atoms with Gasteiger partial charge in [0.05, 0.1) is 13.2 Å². The Labute approximate surface area is 143 Å². The van der Waals surface area contributed by atoms with Crippen molar-refractivity contribution in [1.29, 1.82) is 0 Å². The molecule has 1 aromatic heterocycles. The smallest absolute Gasteiger partial charge is 0.119 e. The molecule has 4 rings (SSSR count). The summed E-state index contributed by atoms with van der Waals surface area (Å²) in [7, 11) is 1.72. The van der Waals surface area contributed by atoms with Gasteiger partial charge in [0.25, 0.3) is 0 Å². The lowest BCUT2D eigenvalue weighted by Gasteiger charge is -2.36. The lowest BCUT2D eigenvalue weighted by Crippen LogP contribution is -2.45. The standard InChI is InChI=1S/C19H24N4O/c1-24-16-4-2-3-15(11-16)19-17-13-23(10-7-18(17)21-22-19)12-14-5-8-20-9-6-14/h2-6,8-9,11,17-19,21-22H,7,10,12-13H2,1H3. The van der Waals surface area contributed by atoms with Gasteiger partial charge in [-0.05, 0) is 41.8 Å². The Morgan fingerprint density at radius 1 is 1.21 bits per heavy atom. The van der Waals surface area contributed by atoms with Crippen molar-refractivity contribution in [2.75, 3.05) is 20.2 Å². The Kier molecular flexibility index (Phi) is 4.47. The van der Waals surface area contributed by atoms with Gasteiger partial charge < -0.3 is 4.74 Å². The summed E-state index contributed by atoms with van der Waals surface area (Å²) < 4.78 is 5.39. The van der Waals surface area contributed by atoms with Gasteiger partial charge in [0.15, 0.2) is 0 Å². The quantitative estimate of drug-likeness (QED) is 0.902. The monoisotopic (exact) mass is 324 g/mol. The Hall–Kier alpha value is -1.95. The van der Waals surface area contributed by atoms with E-state index in [4.69, 9.17) is 4.74 Å². The number of aromatic nitrogens is 1. The molecule has 5 nitrogen and oxygen atoms in total. The number of hydrazine groups is 1. The maximum Gasteiger partial charge on any atom is 0.119 e. The number of hydrogen-bond donors (Lipinski definition) is 2. The van der Waals surface area contributed by atoms with E-state index in [0.717, 1.165) is 25.4 Å². The summed E-state index contributed by atoms with van der Waals surface area (Å²) >= 11 is 0. The fourth-order valence-electron chi connectivity index (χ4n) is 3.93. The van der Waals surface area contributed by atoms with Crippen LogP contribution in [0.5, 0.6) is 5.75 Å². The molecule has 3 unspecified atom stereocenters. The molecule has 126 valence electrons. The third-order valence-electron chi connectivity index (χ3n) is 5.20. The SMILES string of the molecule is COc1cccc(C2NNC3CCN(Cc4ccncc4)CC32)c1. The number of hydrogen-bond acceptors (Lipinski definition) is 5. The van der Waals surface area contributed by atoms with Crippen LogP contribution in [0.25, 0.3) is 0 Å². The molecule has 1 aromatic carbocycles. The maximum atomic E-state index is 5.39. The number of nitrogens with zero attached hydrogens (tertiary/aromatic N) is 2. The number of benzene rings is 1. The third kappa shape index (κ3) is 3.15. The zero-order chi connectivity index (χ0) is 16.4. The molecule has 2 N–H and O–H groups in total. The number of fused-ring (bicyclic) bond motifs is 1. The van der Waals surface area contributed by atoms with E-state index in [2.05, 4.69) is 51.1 Å². The van der Waals surface area contributed by atoms with Crippen LogP contribution in [0.15, 0.2) is 48.8 Å². The van der Waals surface area contributed by atoms with Crippen molar-refractivity contribution < 1.29 is 4.74 Å². The highest BCUT2D eigenvalue weighted by atomic mass is 16.5. The van der Waals surface area contributed by atoms with Gasteiger partial charge in [-0.25, -0.2) is 5.43 Å². The van der Waals surface area contributed by atoms with Crippen molar-refractivity contribution >= 4 is 0 Å². The average molecular weight is 324 g/mol. The molecule has 5 heteroatoms. The fraction of sp³-hybridized carbons (Fsp3) is 0.421. The topological polar surface area (TPSA) is 49.4 Å². The summed E-state index contributed by atoms with van der Waals surface area (Å²) in [4.78, 5) is 6.66. The van der Waals surface area contributed by atoms with Crippen molar-refractivity contribution in [2.24, 2.45) is 5.92 Å². The van der Waals surface area contributed by atoms with Crippen LogP contribution >= 0.6 is 0 Å². The molecule has 0 amide bonds. The van der Waals surface area contributed by atoms with Gasteiger partial charge in [-0.2, -0.15) is 0 Å². The third-order valence-corrected chi connectivity index (χ3v) is 5.20. The molecule has 2 aromatic rings. The van der Waals surface area contributed by atoms with Crippen molar-refractivity contribution in [2.45, 2.75) is 25.0 Å². The van der Waals surface area contributed by atoms with Gasteiger partial charge >= 0.3 is 0 Å². The first-order valence-corrected chi connectivity index (χ1v) is 8.60. The second-order valence-corrected chi connectivity index (χ2v) is 6.69. The Morgan fingerprint density at radius 2 is 2.08 bits per heavy atom.